The van der Waals surface area contributed by atoms with Crippen LogP contribution in [0.3, 0.4) is 0 Å². The molecule has 2 aromatic rings. The second-order valence-corrected chi connectivity index (χ2v) is 7.61. The van der Waals surface area contributed by atoms with Crippen molar-refractivity contribution in [1.82, 2.24) is 14.8 Å². The molecular weight excluding hydrogens is 348 g/mol. The third-order valence-corrected chi connectivity index (χ3v) is 4.43. The number of aromatic nitrogens is 1. The minimum absolute atomic E-state index is 0.160. The maximum absolute atomic E-state index is 12.3. The Hall–Kier alpha value is -2.90. The highest BCUT2D eigenvalue weighted by Crippen LogP contribution is 2.27. The van der Waals surface area contributed by atoms with E-state index in [0.717, 1.165) is 0 Å². The second-order valence-electron chi connectivity index (χ2n) is 7.61. The molecule has 0 saturated carbocycles. The lowest BCUT2D eigenvalue weighted by Gasteiger charge is -2.32. The smallest absolute Gasteiger partial charge is 0.312 e. The SMILES string of the molecule is CCN1CCN(CC(=O)Nc2ccc3oc(C(C)(C)C)nc3c2)C(=O)C1=O. The summed E-state index contributed by atoms with van der Waals surface area (Å²) >= 11 is 0. The number of hydrogen-bond donors (Lipinski definition) is 1. The highest BCUT2D eigenvalue weighted by atomic mass is 16.3. The fourth-order valence-corrected chi connectivity index (χ4v) is 2.87. The minimum atomic E-state index is -0.639. The summed E-state index contributed by atoms with van der Waals surface area (Å²) in [5, 5.41) is 2.75. The topological polar surface area (TPSA) is 95.8 Å². The molecule has 0 atom stereocenters. The number of hydrogen-bond acceptors (Lipinski definition) is 5. The quantitative estimate of drug-likeness (QED) is 0.825. The molecule has 1 aliphatic heterocycles. The molecule has 8 nitrogen and oxygen atoms in total. The molecular formula is C19H24N4O4. The summed E-state index contributed by atoms with van der Waals surface area (Å²) in [4.78, 5) is 43.5. The van der Waals surface area contributed by atoms with Crippen LogP contribution in [0.2, 0.25) is 0 Å². The Morgan fingerprint density at radius 2 is 1.85 bits per heavy atom. The van der Waals surface area contributed by atoms with Crippen molar-refractivity contribution in [2.24, 2.45) is 0 Å². The third kappa shape index (κ3) is 3.94. The van der Waals surface area contributed by atoms with Gasteiger partial charge in [0, 0.05) is 30.7 Å². The predicted molar refractivity (Wildman–Crippen MR) is 100 cm³/mol. The molecule has 0 unspecified atom stereocenters. The molecule has 3 amide bonds. The van der Waals surface area contributed by atoms with Crippen molar-refractivity contribution in [3.05, 3.63) is 24.1 Å². The van der Waals surface area contributed by atoms with Crippen molar-refractivity contribution in [3.63, 3.8) is 0 Å². The molecule has 3 rings (SSSR count). The van der Waals surface area contributed by atoms with Gasteiger partial charge in [0.15, 0.2) is 5.58 Å². The largest absolute Gasteiger partial charge is 0.440 e. The summed E-state index contributed by atoms with van der Waals surface area (Å²) in [5.74, 6) is -0.936. The molecule has 8 heteroatoms. The van der Waals surface area contributed by atoms with Crippen molar-refractivity contribution in [1.29, 1.82) is 0 Å². The number of fused-ring (bicyclic) bond motifs is 1. The summed E-state index contributed by atoms with van der Waals surface area (Å²) in [7, 11) is 0. The lowest BCUT2D eigenvalue weighted by molar-refractivity contribution is -0.156. The zero-order chi connectivity index (χ0) is 19.8. The average Bonchev–Trinajstić information content (AvgIpc) is 3.03. The van der Waals surface area contributed by atoms with Gasteiger partial charge < -0.3 is 19.5 Å². The number of piperazine rings is 1. The van der Waals surface area contributed by atoms with Gasteiger partial charge in [0.25, 0.3) is 0 Å². The Bertz CT molecular complexity index is 897. The van der Waals surface area contributed by atoms with E-state index >= 15 is 0 Å². The number of nitrogens with zero attached hydrogens (tertiary/aromatic N) is 3. The van der Waals surface area contributed by atoms with E-state index in [4.69, 9.17) is 4.42 Å². The number of benzene rings is 1. The molecule has 0 spiro atoms. The predicted octanol–water partition coefficient (Wildman–Crippen LogP) is 1.75. The highest BCUT2D eigenvalue weighted by Gasteiger charge is 2.32. The summed E-state index contributed by atoms with van der Waals surface area (Å²) in [6.45, 7) is 8.96. The van der Waals surface area contributed by atoms with E-state index in [9.17, 15) is 14.4 Å². The summed E-state index contributed by atoms with van der Waals surface area (Å²) in [6, 6.07) is 5.20. The molecule has 1 N–H and O–H groups in total. The van der Waals surface area contributed by atoms with E-state index in [1.165, 1.54) is 9.80 Å². The first-order valence-electron chi connectivity index (χ1n) is 8.98. The van der Waals surface area contributed by atoms with Crippen LogP contribution in [0.5, 0.6) is 0 Å². The molecule has 0 bridgehead atoms. The number of amides is 3. The van der Waals surface area contributed by atoms with Crippen LogP contribution in [0.1, 0.15) is 33.6 Å². The van der Waals surface area contributed by atoms with Gasteiger partial charge in [-0.05, 0) is 25.1 Å². The minimum Gasteiger partial charge on any atom is -0.440 e. The van der Waals surface area contributed by atoms with E-state index in [0.29, 0.717) is 42.3 Å². The summed E-state index contributed by atoms with van der Waals surface area (Å²) < 4.78 is 5.74. The number of rotatable bonds is 4. The highest BCUT2D eigenvalue weighted by molar-refractivity contribution is 6.35. The van der Waals surface area contributed by atoms with Crippen molar-refractivity contribution >= 4 is 34.5 Å². The lowest BCUT2D eigenvalue weighted by atomic mass is 9.97. The van der Waals surface area contributed by atoms with E-state index < -0.39 is 11.8 Å². The number of carbonyl (C=O) groups excluding carboxylic acids is 3. The number of carbonyl (C=O) groups is 3. The fourth-order valence-electron chi connectivity index (χ4n) is 2.87. The number of nitrogens with one attached hydrogen (secondary N) is 1. The first-order chi connectivity index (χ1) is 12.7. The van der Waals surface area contributed by atoms with Gasteiger partial charge in [-0.25, -0.2) is 4.98 Å². The Labute approximate surface area is 157 Å². The Morgan fingerprint density at radius 1 is 1.19 bits per heavy atom. The van der Waals surface area contributed by atoms with E-state index in [-0.39, 0.29) is 17.9 Å². The van der Waals surface area contributed by atoms with Crippen molar-refractivity contribution < 1.29 is 18.8 Å². The van der Waals surface area contributed by atoms with Gasteiger partial charge in [-0.1, -0.05) is 20.8 Å². The lowest BCUT2D eigenvalue weighted by Crippen LogP contribution is -2.55. The van der Waals surface area contributed by atoms with E-state index in [1.807, 2.05) is 27.7 Å². The zero-order valence-electron chi connectivity index (χ0n) is 16.0. The molecule has 1 aromatic carbocycles. The summed E-state index contributed by atoms with van der Waals surface area (Å²) in [5.41, 5.74) is 1.65. The Balaban J connectivity index is 1.67. The van der Waals surface area contributed by atoms with Crippen LogP contribution < -0.4 is 5.32 Å². The van der Waals surface area contributed by atoms with E-state index in [1.54, 1.807) is 18.2 Å². The normalized spacial score (nSPS) is 15.6. The Kier molecular flexibility index (Phi) is 4.91. The molecule has 27 heavy (non-hydrogen) atoms. The van der Waals surface area contributed by atoms with Crippen LogP contribution in [-0.4, -0.2) is 58.7 Å². The average molecular weight is 372 g/mol. The number of oxazole rings is 1. The zero-order valence-corrected chi connectivity index (χ0v) is 16.0. The molecule has 0 radical (unpaired) electrons. The molecule has 0 aliphatic carbocycles. The van der Waals surface area contributed by atoms with Crippen LogP contribution in [0.25, 0.3) is 11.1 Å². The van der Waals surface area contributed by atoms with E-state index in [2.05, 4.69) is 10.3 Å². The second kappa shape index (κ2) is 7.02. The Morgan fingerprint density at radius 3 is 2.52 bits per heavy atom. The summed E-state index contributed by atoms with van der Waals surface area (Å²) in [6.07, 6.45) is 0. The van der Waals surface area contributed by atoms with Gasteiger partial charge in [-0.2, -0.15) is 0 Å². The van der Waals surface area contributed by atoms with Crippen molar-refractivity contribution in [2.75, 3.05) is 31.5 Å². The fraction of sp³-hybridized carbons (Fsp3) is 0.474. The van der Waals surface area contributed by atoms with Gasteiger partial charge in [0.1, 0.15) is 12.1 Å². The van der Waals surface area contributed by atoms with Gasteiger partial charge >= 0.3 is 11.8 Å². The standard InChI is InChI=1S/C19H24N4O4/c1-5-22-8-9-23(17(26)16(22)25)11-15(24)20-12-6-7-14-13(10-12)21-18(27-14)19(2,3)4/h6-7,10H,5,8-9,11H2,1-4H3,(H,20,24). The molecule has 1 fully saturated rings. The maximum Gasteiger partial charge on any atom is 0.312 e. The van der Waals surface area contributed by atoms with Crippen LogP contribution in [0.15, 0.2) is 22.6 Å². The number of anilines is 1. The van der Waals surface area contributed by atoms with Crippen molar-refractivity contribution in [2.45, 2.75) is 33.1 Å². The maximum atomic E-state index is 12.3. The molecule has 1 aromatic heterocycles. The molecule has 1 aliphatic rings. The molecule has 2 heterocycles. The molecule has 1 saturated heterocycles. The third-order valence-electron chi connectivity index (χ3n) is 4.43. The van der Waals surface area contributed by atoms with Gasteiger partial charge in [0.2, 0.25) is 11.8 Å². The number of likely N-dealkylation sites (N-methyl/N-ethyl adjacent to an activating group) is 1. The van der Waals surface area contributed by atoms with Crippen LogP contribution in [-0.2, 0) is 19.8 Å². The van der Waals surface area contributed by atoms with Gasteiger partial charge in [-0.3, -0.25) is 14.4 Å². The van der Waals surface area contributed by atoms with Crippen molar-refractivity contribution in [3.8, 4) is 0 Å². The van der Waals surface area contributed by atoms with Gasteiger partial charge in [-0.15, -0.1) is 0 Å². The van der Waals surface area contributed by atoms with Crippen LogP contribution in [0.4, 0.5) is 5.69 Å². The first kappa shape index (κ1) is 18.9. The van der Waals surface area contributed by atoms with Crippen LogP contribution in [0, 0.1) is 0 Å². The first-order valence-corrected chi connectivity index (χ1v) is 8.98. The van der Waals surface area contributed by atoms with Crippen LogP contribution >= 0.6 is 0 Å². The monoisotopic (exact) mass is 372 g/mol. The van der Waals surface area contributed by atoms with Gasteiger partial charge in [0.05, 0.1) is 0 Å². The molecule has 144 valence electrons.